The summed E-state index contributed by atoms with van der Waals surface area (Å²) in [6, 6.07) is 4.18. The third kappa shape index (κ3) is 2.13. The molecule has 0 saturated carbocycles. The molecule has 1 aromatic rings. The van der Waals surface area contributed by atoms with Crippen molar-refractivity contribution in [2.24, 2.45) is 5.73 Å². The number of hydrogen-bond donors (Lipinski definition) is 1. The van der Waals surface area contributed by atoms with E-state index in [4.69, 9.17) is 15.2 Å². The predicted molar refractivity (Wildman–Crippen MR) is 67.3 cm³/mol. The number of hydrogen-bond acceptors (Lipinski definition) is 4. The Bertz CT molecular complexity index is 382. The van der Waals surface area contributed by atoms with Crippen LogP contribution < -0.4 is 15.2 Å². The van der Waals surface area contributed by atoms with E-state index in [9.17, 15) is 0 Å². The zero-order valence-corrected chi connectivity index (χ0v) is 10.5. The number of nitrogens with two attached hydrogens (primary N) is 1. The van der Waals surface area contributed by atoms with Gasteiger partial charge in [0.05, 0.1) is 14.2 Å². The molecular weight excluding hydrogens is 222 g/mol. The third-order valence-corrected chi connectivity index (χ3v) is 3.92. The van der Waals surface area contributed by atoms with E-state index in [0.29, 0.717) is 0 Å². The van der Waals surface area contributed by atoms with E-state index in [1.165, 1.54) is 11.1 Å². The molecule has 0 radical (unpaired) electrons. The first-order chi connectivity index (χ1) is 7.76. The molecule has 3 nitrogen and oxygen atoms in total. The fourth-order valence-electron chi connectivity index (χ4n) is 1.95. The first kappa shape index (κ1) is 11.6. The fourth-order valence-corrected chi connectivity index (χ4v) is 2.99. The Morgan fingerprint density at radius 2 is 1.94 bits per heavy atom. The average molecular weight is 239 g/mol. The summed E-state index contributed by atoms with van der Waals surface area (Å²) in [5.41, 5.74) is 8.62. The topological polar surface area (TPSA) is 44.5 Å². The second kappa shape index (κ2) is 4.97. The summed E-state index contributed by atoms with van der Waals surface area (Å²) in [5, 5.41) is 0. The minimum absolute atomic E-state index is 0.116. The lowest BCUT2D eigenvalue weighted by atomic mass is 9.99. The summed E-state index contributed by atoms with van der Waals surface area (Å²) in [6.45, 7) is 0. The smallest absolute Gasteiger partial charge is 0.161 e. The quantitative estimate of drug-likeness (QED) is 0.860. The molecule has 0 bridgehead atoms. The van der Waals surface area contributed by atoms with E-state index in [1.54, 1.807) is 14.2 Å². The molecule has 1 atom stereocenters. The van der Waals surface area contributed by atoms with Gasteiger partial charge in [0.15, 0.2) is 11.5 Å². The van der Waals surface area contributed by atoms with Crippen LogP contribution in [0.3, 0.4) is 0 Å². The van der Waals surface area contributed by atoms with Crippen LogP contribution in [0.15, 0.2) is 12.1 Å². The predicted octanol–water partition coefficient (Wildman–Crippen LogP) is 2.34. The van der Waals surface area contributed by atoms with Crippen LogP contribution in [0.25, 0.3) is 0 Å². The van der Waals surface area contributed by atoms with E-state index in [0.717, 1.165) is 29.4 Å². The second-order valence-electron chi connectivity index (χ2n) is 3.85. The fraction of sp³-hybridized carbons (Fsp3) is 0.500. The summed E-state index contributed by atoms with van der Waals surface area (Å²) in [5.74, 6) is 3.67. The van der Waals surface area contributed by atoms with Gasteiger partial charge in [0.1, 0.15) is 0 Å². The van der Waals surface area contributed by atoms with Gasteiger partial charge in [-0.25, -0.2) is 0 Å². The molecule has 0 aromatic heterocycles. The number of methoxy groups -OCH3 is 2. The highest BCUT2D eigenvalue weighted by molar-refractivity contribution is 7.98. The molecule has 2 N–H and O–H groups in total. The highest BCUT2D eigenvalue weighted by Gasteiger charge is 2.18. The van der Waals surface area contributed by atoms with Gasteiger partial charge in [0.2, 0.25) is 0 Å². The van der Waals surface area contributed by atoms with E-state index < -0.39 is 0 Å². The molecule has 0 aliphatic carbocycles. The molecule has 1 heterocycles. The molecule has 1 aliphatic rings. The van der Waals surface area contributed by atoms with Crippen LogP contribution in [0.4, 0.5) is 0 Å². The van der Waals surface area contributed by atoms with E-state index in [2.05, 4.69) is 0 Å². The maximum atomic E-state index is 6.15. The molecule has 1 aliphatic heterocycles. The van der Waals surface area contributed by atoms with Crippen LogP contribution in [-0.2, 0) is 5.75 Å². The van der Waals surface area contributed by atoms with Crippen LogP contribution in [0.2, 0.25) is 0 Å². The van der Waals surface area contributed by atoms with Crippen LogP contribution in [-0.4, -0.2) is 20.0 Å². The highest BCUT2D eigenvalue weighted by atomic mass is 32.2. The molecular formula is C12H17NO2S. The SMILES string of the molecule is COc1cc2c(cc1OC)C(N)CCSC2. The van der Waals surface area contributed by atoms with Crippen molar-refractivity contribution in [3.8, 4) is 11.5 Å². The number of fused-ring (bicyclic) bond motifs is 1. The Morgan fingerprint density at radius 3 is 2.62 bits per heavy atom. The molecule has 1 aromatic carbocycles. The van der Waals surface area contributed by atoms with Crippen molar-refractivity contribution in [3.05, 3.63) is 23.3 Å². The van der Waals surface area contributed by atoms with Crippen molar-refractivity contribution in [1.29, 1.82) is 0 Å². The Morgan fingerprint density at radius 1 is 1.25 bits per heavy atom. The number of thioether (sulfide) groups is 1. The van der Waals surface area contributed by atoms with Gasteiger partial charge in [-0.2, -0.15) is 11.8 Å². The maximum Gasteiger partial charge on any atom is 0.161 e. The second-order valence-corrected chi connectivity index (χ2v) is 4.96. The first-order valence-electron chi connectivity index (χ1n) is 5.34. The van der Waals surface area contributed by atoms with Crippen molar-refractivity contribution in [3.63, 3.8) is 0 Å². The lowest BCUT2D eigenvalue weighted by molar-refractivity contribution is 0.354. The van der Waals surface area contributed by atoms with Crippen molar-refractivity contribution < 1.29 is 9.47 Å². The standard InChI is InChI=1S/C12H17NO2S/c1-14-11-5-8-7-16-4-3-10(13)9(8)6-12(11)15-2/h5-6,10H,3-4,7,13H2,1-2H3. The van der Waals surface area contributed by atoms with Gasteiger partial charge in [-0.05, 0) is 35.4 Å². The molecule has 2 rings (SSSR count). The molecule has 16 heavy (non-hydrogen) atoms. The minimum atomic E-state index is 0.116. The van der Waals surface area contributed by atoms with Crippen molar-refractivity contribution >= 4 is 11.8 Å². The number of rotatable bonds is 2. The summed E-state index contributed by atoms with van der Waals surface area (Å²) in [4.78, 5) is 0. The van der Waals surface area contributed by atoms with Crippen LogP contribution in [0.1, 0.15) is 23.6 Å². The number of ether oxygens (including phenoxy) is 2. The van der Waals surface area contributed by atoms with Crippen molar-refractivity contribution in [2.75, 3.05) is 20.0 Å². The van der Waals surface area contributed by atoms with Crippen LogP contribution >= 0.6 is 11.8 Å². The molecule has 0 saturated heterocycles. The maximum absolute atomic E-state index is 6.15. The summed E-state index contributed by atoms with van der Waals surface area (Å²) in [7, 11) is 3.31. The zero-order chi connectivity index (χ0) is 11.5. The Labute approximate surface area is 100 Å². The number of benzene rings is 1. The van der Waals surface area contributed by atoms with E-state index in [1.807, 2.05) is 23.9 Å². The van der Waals surface area contributed by atoms with Crippen LogP contribution in [0.5, 0.6) is 11.5 Å². The molecule has 0 fully saturated rings. The monoisotopic (exact) mass is 239 g/mol. The molecule has 88 valence electrons. The Kier molecular flexibility index (Phi) is 3.61. The highest BCUT2D eigenvalue weighted by Crippen LogP contribution is 2.37. The lowest BCUT2D eigenvalue weighted by Gasteiger charge is -2.16. The van der Waals surface area contributed by atoms with Gasteiger partial charge in [-0.3, -0.25) is 0 Å². The van der Waals surface area contributed by atoms with Gasteiger partial charge in [0, 0.05) is 11.8 Å². The Balaban J connectivity index is 2.47. The molecule has 0 spiro atoms. The molecule has 4 heteroatoms. The first-order valence-corrected chi connectivity index (χ1v) is 6.50. The van der Waals surface area contributed by atoms with Crippen LogP contribution in [0, 0.1) is 0 Å². The van der Waals surface area contributed by atoms with Crippen molar-refractivity contribution in [1.82, 2.24) is 0 Å². The van der Waals surface area contributed by atoms with E-state index in [-0.39, 0.29) is 6.04 Å². The summed E-state index contributed by atoms with van der Waals surface area (Å²) < 4.78 is 10.6. The summed E-state index contributed by atoms with van der Waals surface area (Å²) >= 11 is 1.92. The van der Waals surface area contributed by atoms with Gasteiger partial charge in [0.25, 0.3) is 0 Å². The average Bonchev–Trinajstić information content (AvgIpc) is 2.49. The molecule has 1 unspecified atom stereocenters. The largest absolute Gasteiger partial charge is 0.493 e. The van der Waals surface area contributed by atoms with Gasteiger partial charge >= 0.3 is 0 Å². The Hall–Kier alpha value is -0.870. The summed E-state index contributed by atoms with van der Waals surface area (Å²) in [6.07, 6.45) is 1.02. The minimum Gasteiger partial charge on any atom is -0.493 e. The van der Waals surface area contributed by atoms with Crippen molar-refractivity contribution in [2.45, 2.75) is 18.2 Å². The zero-order valence-electron chi connectivity index (χ0n) is 9.66. The normalized spacial score (nSPS) is 19.8. The van der Waals surface area contributed by atoms with Gasteiger partial charge in [-0.1, -0.05) is 0 Å². The third-order valence-electron chi connectivity index (χ3n) is 2.88. The lowest BCUT2D eigenvalue weighted by Crippen LogP contribution is -2.11. The van der Waals surface area contributed by atoms with Gasteiger partial charge < -0.3 is 15.2 Å². The van der Waals surface area contributed by atoms with E-state index >= 15 is 0 Å². The molecule has 0 amide bonds. The van der Waals surface area contributed by atoms with Gasteiger partial charge in [-0.15, -0.1) is 0 Å².